The van der Waals surface area contributed by atoms with Gasteiger partial charge in [0.2, 0.25) is 0 Å². The first-order valence-corrected chi connectivity index (χ1v) is 8.17. The van der Waals surface area contributed by atoms with E-state index >= 15 is 0 Å². The Morgan fingerprint density at radius 3 is 1.71 bits per heavy atom. The average Bonchev–Trinajstić information content (AvgIpc) is 2.86. The van der Waals surface area contributed by atoms with Crippen molar-refractivity contribution in [2.75, 3.05) is 0 Å². The fraction of sp³-hybridized carbons (Fsp3) is 0. The quantitative estimate of drug-likeness (QED) is 0.627. The Morgan fingerprint density at radius 2 is 1.36 bits per heavy atom. The molecule has 2 aromatic rings. The first-order chi connectivity index (χ1) is 6.95. The van der Waals surface area contributed by atoms with Gasteiger partial charge in [0.05, 0.1) is 12.4 Å². The Kier molecular flexibility index (Phi) is 4.03. The largest absolute Gasteiger partial charge is 0.264 e. The zero-order valence-corrected chi connectivity index (χ0v) is 9.84. The molecule has 14 heavy (non-hydrogen) atoms. The van der Waals surface area contributed by atoms with Crippen molar-refractivity contribution in [2.24, 2.45) is 0 Å². The van der Waals surface area contributed by atoms with Gasteiger partial charge in [-0.2, -0.15) is 0 Å². The molecule has 0 radical (unpaired) electrons. The fourth-order valence-electron chi connectivity index (χ4n) is 0.561. The van der Waals surface area contributed by atoms with Crippen molar-refractivity contribution in [1.82, 2.24) is 30.8 Å². The van der Waals surface area contributed by atoms with Crippen LogP contribution in [0.4, 0.5) is 0 Å². The third-order valence-electron chi connectivity index (χ3n) is 1.06. The number of hydrogen-bond donors (Lipinski definition) is 2. The lowest BCUT2D eigenvalue weighted by molar-refractivity contribution is 0.912. The lowest BCUT2D eigenvalue weighted by Crippen LogP contribution is -1.67. The zero-order valence-electron chi connectivity index (χ0n) is 6.58. The summed E-state index contributed by atoms with van der Waals surface area (Å²) < 4.78 is 0. The second-order valence-corrected chi connectivity index (χ2v) is 7.63. The van der Waals surface area contributed by atoms with Gasteiger partial charge in [0.1, 0.15) is 10.1 Å². The predicted octanol–water partition coefficient (Wildman–Crippen LogP) is 2.02. The van der Waals surface area contributed by atoms with Crippen molar-refractivity contribution in [1.29, 1.82) is 0 Å². The third kappa shape index (κ3) is 3.12. The fourth-order valence-corrected chi connectivity index (χ4v) is 5.43. The maximum absolute atomic E-state index is 3.83. The van der Waals surface area contributed by atoms with Gasteiger partial charge < -0.3 is 0 Å². The molecule has 0 aliphatic rings. The highest BCUT2D eigenvalue weighted by Gasteiger charge is 2.01. The summed E-state index contributed by atoms with van der Waals surface area (Å²) in [6.45, 7) is 0. The number of H-pyrrole nitrogens is 2. The molecule has 0 bridgehead atoms. The number of aromatic nitrogens is 6. The first-order valence-electron chi connectivity index (χ1n) is 3.36. The van der Waals surface area contributed by atoms with E-state index in [1.54, 1.807) is 53.6 Å². The van der Waals surface area contributed by atoms with Crippen LogP contribution in [0, 0.1) is 0 Å². The van der Waals surface area contributed by atoms with Crippen LogP contribution < -0.4 is 0 Å². The molecule has 2 rings (SSSR count). The minimum absolute atomic E-state index is 0.864. The summed E-state index contributed by atoms with van der Waals surface area (Å²) in [5.41, 5.74) is 0. The molecule has 0 aliphatic carbocycles. The average molecular weight is 264 g/mol. The highest BCUT2D eigenvalue weighted by Crippen LogP contribution is 2.47. The highest BCUT2D eigenvalue weighted by atomic mass is 33.7. The van der Waals surface area contributed by atoms with E-state index in [4.69, 9.17) is 0 Å². The normalized spacial score (nSPS) is 10.6. The van der Waals surface area contributed by atoms with E-state index in [1.165, 1.54) is 0 Å². The van der Waals surface area contributed by atoms with Crippen LogP contribution in [0.2, 0.25) is 0 Å². The molecule has 0 unspecified atom stereocenters. The van der Waals surface area contributed by atoms with E-state index in [0.717, 1.165) is 10.1 Å². The minimum atomic E-state index is 0.864. The van der Waals surface area contributed by atoms with Crippen LogP contribution in [0.1, 0.15) is 0 Å². The summed E-state index contributed by atoms with van der Waals surface area (Å²) in [4.78, 5) is 0. The van der Waals surface area contributed by atoms with Gasteiger partial charge >= 0.3 is 0 Å². The molecule has 0 atom stereocenters. The lowest BCUT2D eigenvalue weighted by atomic mass is 11.0. The molecule has 0 amide bonds. The predicted molar refractivity (Wildman–Crippen MR) is 59.7 cm³/mol. The molecule has 0 saturated carbocycles. The van der Waals surface area contributed by atoms with Crippen LogP contribution in [0.5, 0.6) is 0 Å². The molecule has 74 valence electrons. The molecule has 2 aromatic heterocycles. The first kappa shape index (κ1) is 10.2. The van der Waals surface area contributed by atoms with E-state index < -0.39 is 0 Å². The van der Waals surface area contributed by atoms with Gasteiger partial charge in [-0.25, -0.2) is 0 Å². The summed E-state index contributed by atoms with van der Waals surface area (Å²) in [5.74, 6) is 0. The van der Waals surface area contributed by atoms with E-state index in [9.17, 15) is 0 Å². The maximum atomic E-state index is 3.83. The minimum Gasteiger partial charge on any atom is -0.264 e. The number of nitrogens with zero attached hydrogens (tertiary/aromatic N) is 4. The summed E-state index contributed by atoms with van der Waals surface area (Å²) in [5, 5.41) is 21.9. The molecule has 0 aliphatic heterocycles. The van der Waals surface area contributed by atoms with Gasteiger partial charge in [0.15, 0.2) is 0 Å². The van der Waals surface area contributed by atoms with Crippen molar-refractivity contribution in [3.05, 3.63) is 12.4 Å². The van der Waals surface area contributed by atoms with Crippen molar-refractivity contribution >= 4 is 41.2 Å². The van der Waals surface area contributed by atoms with E-state index in [2.05, 4.69) is 30.8 Å². The molecule has 10 heteroatoms. The monoisotopic (exact) mass is 264 g/mol. The van der Waals surface area contributed by atoms with Gasteiger partial charge in [0, 0.05) is 0 Å². The molecule has 2 heterocycles. The zero-order chi connectivity index (χ0) is 9.64. The van der Waals surface area contributed by atoms with Crippen molar-refractivity contribution in [2.45, 2.75) is 10.1 Å². The van der Waals surface area contributed by atoms with Crippen molar-refractivity contribution < 1.29 is 0 Å². The standard InChI is InChI=1S/C4H4N6S4/c1-3(7-9-5-1)11-13-14-12-4-2-6-10-8-4/h1-2H,(H,5,7,9)(H,6,8,10). The van der Waals surface area contributed by atoms with Gasteiger partial charge in [0.25, 0.3) is 0 Å². The van der Waals surface area contributed by atoms with E-state index in [1.807, 2.05) is 0 Å². The second kappa shape index (κ2) is 5.53. The number of nitrogens with one attached hydrogen (secondary N) is 2. The molecule has 0 fully saturated rings. The Labute approximate surface area is 94.4 Å². The van der Waals surface area contributed by atoms with Crippen LogP contribution in [0.3, 0.4) is 0 Å². The molecular formula is C4H4N6S4. The van der Waals surface area contributed by atoms with Crippen LogP contribution in [0.15, 0.2) is 22.4 Å². The Hall–Kier alpha value is -0.320. The molecular weight excluding hydrogens is 260 g/mol. The topological polar surface area (TPSA) is 83.1 Å². The van der Waals surface area contributed by atoms with Crippen LogP contribution >= 0.6 is 41.2 Å². The number of hydrogen-bond acceptors (Lipinski definition) is 8. The van der Waals surface area contributed by atoms with Crippen molar-refractivity contribution in [3.63, 3.8) is 0 Å². The molecule has 0 saturated heterocycles. The third-order valence-corrected chi connectivity index (χ3v) is 6.81. The van der Waals surface area contributed by atoms with Crippen LogP contribution in [-0.2, 0) is 0 Å². The van der Waals surface area contributed by atoms with Gasteiger partial charge in [-0.15, -0.1) is 10.2 Å². The van der Waals surface area contributed by atoms with Crippen molar-refractivity contribution in [3.8, 4) is 0 Å². The number of aromatic amines is 2. The SMILES string of the molecule is c1[nH]nnc1SSSSc1c[nH]nn1. The summed E-state index contributed by atoms with van der Waals surface area (Å²) in [6, 6.07) is 0. The molecule has 0 aromatic carbocycles. The smallest absolute Gasteiger partial charge is 0.149 e. The Bertz CT molecular complexity index is 310. The second-order valence-electron chi connectivity index (χ2n) is 1.93. The Morgan fingerprint density at radius 1 is 0.857 bits per heavy atom. The van der Waals surface area contributed by atoms with E-state index in [-0.39, 0.29) is 0 Å². The van der Waals surface area contributed by atoms with Gasteiger partial charge in [-0.3, -0.25) is 10.2 Å². The number of rotatable bonds is 5. The molecule has 0 spiro atoms. The summed E-state index contributed by atoms with van der Waals surface area (Å²) in [7, 11) is 6.29. The van der Waals surface area contributed by atoms with Gasteiger partial charge in [-0.05, 0) is 41.2 Å². The molecule has 2 N–H and O–H groups in total. The van der Waals surface area contributed by atoms with Crippen LogP contribution in [-0.4, -0.2) is 30.8 Å². The summed E-state index contributed by atoms with van der Waals surface area (Å²) >= 11 is 0. The van der Waals surface area contributed by atoms with E-state index in [0.29, 0.717) is 0 Å². The Balaban J connectivity index is 1.65. The summed E-state index contributed by atoms with van der Waals surface area (Å²) in [6.07, 6.45) is 3.50. The highest BCUT2D eigenvalue weighted by molar-refractivity contribution is 9.26. The van der Waals surface area contributed by atoms with Gasteiger partial charge in [-0.1, -0.05) is 10.4 Å². The maximum Gasteiger partial charge on any atom is 0.149 e. The molecule has 6 nitrogen and oxygen atoms in total. The van der Waals surface area contributed by atoms with Crippen LogP contribution in [0.25, 0.3) is 0 Å². The lowest BCUT2D eigenvalue weighted by Gasteiger charge is -1.92.